The van der Waals surface area contributed by atoms with Crippen molar-refractivity contribution in [3.8, 4) is 11.5 Å². The first-order valence-corrected chi connectivity index (χ1v) is 8.44. The number of urea groups is 1. The number of hydrogen-bond donors (Lipinski definition) is 1. The lowest BCUT2D eigenvalue weighted by atomic mass is 10.3. The number of amides is 2. The molecule has 0 spiro atoms. The number of pyridine rings is 1. The molecule has 3 aromatic rings. The van der Waals surface area contributed by atoms with Crippen LogP contribution in [0.25, 0.3) is 11.5 Å². The maximum Gasteiger partial charge on any atom is 0.318 e. The molecule has 1 atom stereocenters. The van der Waals surface area contributed by atoms with Gasteiger partial charge in [-0.25, -0.2) is 4.79 Å². The van der Waals surface area contributed by atoms with E-state index in [4.69, 9.17) is 4.52 Å². The third-order valence-corrected chi connectivity index (χ3v) is 4.25. The van der Waals surface area contributed by atoms with Gasteiger partial charge in [-0.05, 0) is 32.0 Å². The Morgan fingerprint density at radius 1 is 1.35 bits per heavy atom. The number of rotatable bonds is 3. The normalized spacial score (nSPS) is 14.8. The van der Waals surface area contributed by atoms with Gasteiger partial charge in [-0.1, -0.05) is 11.2 Å². The van der Waals surface area contributed by atoms with Crippen LogP contribution in [0.15, 0.2) is 35.0 Å². The molecule has 0 aromatic carbocycles. The molecular formula is C17H19N7O2. The first kappa shape index (κ1) is 16.2. The molecule has 134 valence electrons. The largest absolute Gasteiger partial charge is 0.337 e. The van der Waals surface area contributed by atoms with Gasteiger partial charge in [-0.3, -0.25) is 9.67 Å². The number of carbonyl (C=O) groups excluding carboxylic acids is 1. The van der Waals surface area contributed by atoms with Crippen LogP contribution in [0.2, 0.25) is 0 Å². The first-order valence-electron chi connectivity index (χ1n) is 8.44. The van der Waals surface area contributed by atoms with Crippen LogP contribution >= 0.6 is 0 Å². The molecule has 2 amide bonds. The number of nitrogens with one attached hydrogen (secondary N) is 1. The summed E-state index contributed by atoms with van der Waals surface area (Å²) in [6.45, 7) is 5.59. The highest BCUT2D eigenvalue weighted by Crippen LogP contribution is 2.18. The van der Waals surface area contributed by atoms with Crippen LogP contribution in [-0.4, -0.2) is 42.4 Å². The average molecular weight is 353 g/mol. The topological polar surface area (TPSA) is 102 Å². The molecule has 4 rings (SSSR count). The molecule has 1 aliphatic heterocycles. The lowest BCUT2D eigenvalue weighted by Crippen LogP contribution is -2.45. The molecule has 1 N–H and O–H groups in total. The predicted molar refractivity (Wildman–Crippen MR) is 91.8 cm³/mol. The number of aryl methyl sites for hydroxylation is 1. The van der Waals surface area contributed by atoms with Gasteiger partial charge in [0.2, 0.25) is 11.7 Å². The van der Waals surface area contributed by atoms with Crippen molar-refractivity contribution in [2.45, 2.75) is 33.0 Å². The molecule has 3 aromatic heterocycles. The summed E-state index contributed by atoms with van der Waals surface area (Å²) in [5.41, 5.74) is 2.62. The van der Waals surface area contributed by atoms with Crippen molar-refractivity contribution < 1.29 is 9.32 Å². The second-order valence-electron chi connectivity index (χ2n) is 6.26. The molecule has 0 unspecified atom stereocenters. The molecule has 0 saturated heterocycles. The van der Waals surface area contributed by atoms with E-state index in [1.165, 1.54) is 0 Å². The van der Waals surface area contributed by atoms with E-state index < -0.39 is 6.04 Å². The van der Waals surface area contributed by atoms with Crippen LogP contribution in [0.5, 0.6) is 0 Å². The van der Waals surface area contributed by atoms with Crippen molar-refractivity contribution in [3.05, 3.63) is 47.7 Å². The Hall–Kier alpha value is -3.23. The van der Waals surface area contributed by atoms with Crippen LogP contribution in [0, 0.1) is 6.92 Å². The van der Waals surface area contributed by atoms with Gasteiger partial charge in [-0.2, -0.15) is 10.1 Å². The standard InChI is InChI=1S/C17H19N7O2/c1-11-9-13-10-23(7-8-24(13)21-11)17(25)19-12(2)16-20-15(22-26-16)14-5-3-4-6-18-14/h3-6,9,12H,7-8,10H2,1-2H3,(H,19,25)/t12-/m1/s1. The fraction of sp³-hybridized carbons (Fsp3) is 0.353. The van der Waals surface area contributed by atoms with Gasteiger partial charge in [0.1, 0.15) is 11.7 Å². The fourth-order valence-corrected chi connectivity index (χ4v) is 2.93. The molecule has 9 heteroatoms. The molecule has 1 aliphatic rings. The van der Waals surface area contributed by atoms with Crippen molar-refractivity contribution in [2.75, 3.05) is 6.54 Å². The van der Waals surface area contributed by atoms with E-state index >= 15 is 0 Å². The molecule has 26 heavy (non-hydrogen) atoms. The molecule has 0 radical (unpaired) electrons. The van der Waals surface area contributed by atoms with Crippen molar-refractivity contribution in [2.24, 2.45) is 0 Å². The summed E-state index contributed by atoms with van der Waals surface area (Å²) < 4.78 is 7.22. The van der Waals surface area contributed by atoms with E-state index in [0.717, 1.165) is 11.4 Å². The van der Waals surface area contributed by atoms with E-state index in [0.29, 0.717) is 37.0 Å². The zero-order valence-corrected chi connectivity index (χ0v) is 14.6. The summed E-state index contributed by atoms with van der Waals surface area (Å²) in [6.07, 6.45) is 1.67. The van der Waals surface area contributed by atoms with E-state index in [-0.39, 0.29) is 6.03 Å². The molecule has 9 nitrogen and oxygen atoms in total. The minimum atomic E-state index is -0.402. The Morgan fingerprint density at radius 3 is 3.04 bits per heavy atom. The third-order valence-electron chi connectivity index (χ3n) is 4.25. The maximum absolute atomic E-state index is 12.6. The van der Waals surface area contributed by atoms with Gasteiger partial charge in [-0.15, -0.1) is 0 Å². The van der Waals surface area contributed by atoms with Gasteiger partial charge in [0.05, 0.1) is 24.5 Å². The molecule has 0 saturated carbocycles. The zero-order chi connectivity index (χ0) is 18.1. The summed E-state index contributed by atoms with van der Waals surface area (Å²) in [7, 11) is 0. The van der Waals surface area contributed by atoms with Crippen LogP contribution in [0.3, 0.4) is 0 Å². The lowest BCUT2D eigenvalue weighted by molar-refractivity contribution is 0.175. The summed E-state index contributed by atoms with van der Waals surface area (Å²) in [5, 5.41) is 11.2. The highest BCUT2D eigenvalue weighted by molar-refractivity contribution is 5.74. The monoisotopic (exact) mass is 353 g/mol. The van der Waals surface area contributed by atoms with E-state index in [2.05, 4.69) is 25.5 Å². The van der Waals surface area contributed by atoms with E-state index in [1.54, 1.807) is 17.2 Å². The van der Waals surface area contributed by atoms with E-state index in [1.807, 2.05) is 36.7 Å². The van der Waals surface area contributed by atoms with Gasteiger partial charge in [0.25, 0.3) is 0 Å². The maximum atomic E-state index is 12.6. The van der Waals surface area contributed by atoms with E-state index in [9.17, 15) is 4.79 Å². The number of nitrogens with zero attached hydrogens (tertiary/aromatic N) is 6. The van der Waals surface area contributed by atoms with Crippen LogP contribution in [-0.2, 0) is 13.1 Å². The van der Waals surface area contributed by atoms with Crippen molar-refractivity contribution in [1.29, 1.82) is 0 Å². The second kappa shape index (κ2) is 6.58. The van der Waals surface area contributed by atoms with Gasteiger partial charge < -0.3 is 14.7 Å². The van der Waals surface area contributed by atoms with Crippen LogP contribution in [0.1, 0.15) is 30.2 Å². The summed E-state index contributed by atoms with van der Waals surface area (Å²) >= 11 is 0. The van der Waals surface area contributed by atoms with Crippen molar-refractivity contribution in [3.63, 3.8) is 0 Å². The van der Waals surface area contributed by atoms with Crippen molar-refractivity contribution in [1.82, 2.24) is 35.1 Å². The average Bonchev–Trinajstić information content (AvgIpc) is 3.27. The summed E-state index contributed by atoms with van der Waals surface area (Å²) in [4.78, 5) is 22.8. The Labute approximate surface area is 150 Å². The zero-order valence-electron chi connectivity index (χ0n) is 14.6. The molecule has 0 bridgehead atoms. The minimum Gasteiger partial charge on any atom is -0.337 e. The smallest absolute Gasteiger partial charge is 0.318 e. The second-order valence-corrected chi connectivity index (χ2v) is 6.26. The Balaban J connectivity index is 1.41. The Bertz CT molecular complexity index is 918. The highest BCUT2D eigenvalue weighted by Gasteiger charge is 2.25. The van der Waals surface area contributed by atoms with Crippen molar-refractivity contribution >= 4 is 6.03 Å². The Morgan fingerprint density at radius 2 is 2.23 bits per heavy atom. The number of aromatic nitrogens is 5. The minimum absolute atomic E-state index is 0.166. The molecule has 0 fully saturated rings. The SMILES string of the molecule is Cc1cc2n(n1)CCN(C(=O)N[C@H](C)c1nc(-c3ccccn3)no1)C2. The quantitative estimate of drug-likeness (QED) is 0.772. The number of hydrogen-bond acceptors (Lipinski definition) is 6. The summed E-state index contributed by atoms with van der Waals surface area (Å²) in [6, 6.07) is 6.91. The summed E-state index contributed by atoms with van der Waals surface area (Å²) in [5.74, 6) is 0.746. The third kappa shape index (κ3) is 3.15. The van der Waals surface area contributed by atoms with Crippen LogP contribution < -0.4 is 5.32 Å². The number of fused-ring (bicyclic) bond motifs is 1. The first-order chi connectivity index (χ1) is 12.6. The fourth-order valence-electron chi connectivity index (χ4n) is 2.93. The van der Waals surface area contributed by atoms with Gasteiger partial charge in [0.15, 0.2) is 0 Å². The Kier molecular flexibility index (Phi) is 4.11. The molecule has 4 heterocycles. The molecular weight excluding hydrogens is 334 g/mol. The van der Waals surface area contributed by atoms with Gasteiger partial charge in [0, 0.05) is 12.7 Å². The highest BCUT2D eigenvalue weighted by atomic mass is 16.5. The van der Waals surface area contributed by atoms with Crippen LogP contribution in [0.4, 0.5) is 4.79 Å². The van der Waals surface area contributed by atoms with Gasteiger partial charge >= 0.3 is 6.03 Å². The number of carbonyl (C=O) groups is 1. The molecule has 0 aliphatic carbocycles. The lowest BCUT2D eigenvalue weighted by Gasteiger charge is -2.28. The predicted octanol–water partition coefficient (Wildman–Crippen LogP) is 1.92.